The highest BCUT2D eigenvalue weighted by Gasteiger charge is 2.33. The van der Waals surface area contributed by atoms with E-state index in [1.165, 1.54) is 12.1 Å². The molecule has 1 saturated heterocycles. The summed E-state index contributed by atoms with van der Waals surface area (Å²) in [4.78, 5) is 24.2. The second-order valence-corrected chi connectivity index (χ2v) is 5.94. The van der Waals surface area contributed by atoms with Crippen LogP contribution in [0.15, 0.2) is 54.6 Å². The molecule has 1 aliphatic rings. The third kappa shape index (κ3) is 4.64. The normalized spacial score (nSPS) is 20.0. The van der Waals surface area contributed by atoms with Crippen LogP contribution in [0, 0.1) is 5.82 Å². The molecular formula is C19H19FN2O3. The van der Waals surface area contributed by atoms with Crippen molar-refractivity contribution in [1.82, 2.24) is 10.6 Å². The van der Waals surface area contributed by atoms with Crippen molar-refractivity contribution in [3.8, 4) is 0 Å². The molecule has 1 aliphatic heterocycles. The third-order valence-corrected chi connectivity index (χ3v) is 4.06. The van der Waals surface area contributed by atoms with Crippen LogP contribution in [0.1, 0.15) is 11.1 Å². The minimum atomic E-state index is -0.633. The molecule has 0 unspecified atom stereocenters. The number of amides is 1. The van der Waals surface area contributed by atoms with Crippen molar-refractivity contribution >= 4 is 11.9 Å². The number of halogens is 1. The summed E-state index contributed by atoms with van der Waals surface area (Å²) >= 11 is 0. The van der Waals surface area contributed by atoms with Crippen LogP contribution in [0.2, 0.25) is 0 Å². The Balaban J connectivity index is 1.56. The van der Waals surface area contributed by atoms with E-state index in [0.717, 1.165) is 11.1 Å². The average Bonchev–Trinajstić information content (AvgIpc) is 2.64. The largest absolute Gasteiger partial charge is 0.462 e. The maximum absolute atomic E-state index is 13.0. The van der Waals surface area contributed by atoms with E-state index in [4.69, 9.17) is 4.74 Å². The molecule has 0 bridgehead atoms. The van der Waals surface area contributed by atoms with E-state index in [1.54, 1.807) is 12.1 Å². The van der Waals surface area contributed by atoms with Gasteiger partial charge in [-0.2, -0.15) is 0 Å². The van der Waals surface area contributed by atoms with Crippen LogP contribution in [-0.4, -0.2) is 30.6 Å². The summed E-state index contributed by atoms with van der Waals surface area (Å²) in [7, 11) is 0. The van der Waals surface area contributed by atoms with Gasteiger partial charge >= 0.3 is 5.97 Å². The van der Waals surface area contributed by atoms with Gasteiger partial charge in [-0.25, -0.2) is 4.39 Å². The van der Waals surface area contributed by atoms with Gasteiger partial charge in [0, 0.05) is 6.54 Å². The molecule has 130 valence electrons. The van der Waals surface area contributed by atoms with Crippen molar-refractivity contribution in [2.75, 3.05) is 6.61 Å². The van der Waals surface area contributed by atoms with Gasteiger partial charge in [0.25, 0.3) is 0 Å². The Bertz CT molecular complexity index is 734. The zero-order valence-electron chi connectivity index (χ0n) is 13.6. The Kier molecular flexibility index (Phi) is 5.40. The third-order valence-electron chi connectivity index (χ3n) is 4.06. The summed E-state index contributed by atoms with van der Waals surface area (Å²) in [5.41, 5.74) is 1.78. The SMILES string of the molecule is O=C1OC[C@H](C(=O)NCc2ccccc2)N[C@H]1Cc1ccc(F)cc1. The molecule has 0 saturated carbocycles. The zero-order chi connectivity index (χ0) is 17.6. The number of hydrogen-bond donors (Lipinski definition) is 2. The number of morpholine rings is 1. The van der Waals surface area contributed by atoms with Gasteiger partial charge < -0.3 is 10.1 Å². The minimum absolute atomic E-state index is 0.000621. The summed E-state index contributed by atoms with van der Waals surface area (Å²) in [5.74, 6) is -0.960. The van der Waals surface area contributed by atoms with Gasteiger partial charge in [-0.1, -0.05) is 42.5 Å². The number of hydrogen-bond acceptors (Lipinski definition) is 4. The van der Waals surface area contributed by atoms with E-state index >= 15 is 0 Å². The highest BCUT2D eigenvalue weighted by atomic mass is 19.1. The van der Waals surface area contributed by atoms with Crippen molar-refractivity contribution in [2.24, 2.45) is 0 Å². The lowest BCUT2D eigenvalue weighted by atomic mass is 10.0. The van der Waals surface area contributed by atoms with Crippen molar-refractivity contribution in [3.05, 3.63) is 71.5 Å². The monoisotopic (exact) mass is 342 g/mol. The second kappa shape index (κ2) is 7.90. The Morgan fingerprint density at radius 2 is 1.84 bits per heavy atom. The smallest absolute Gasteiger partial charge is 0.323 e. The van der Waals surface area contributed by atoms with E-state index in [0.29, 0.717) is 13.0 Å². The van der Waals surface area contributed by atoms with Crippen LogP contribution < -0.4 is 10.6 Å². The fourth-order valence-electron chi connectivity index (χ4n) is 2.68. The van der Waals surface area contributed by atoms with Gasteiger partial charge in [-0.05, 0) is 29.7 Å². The van der Waals surface area contributed by atoms with Crippen molar-refractivity contribution < 1.29 is 18.7 Å². The molecule has 5 nitrogen and oxygen atoms in total. The quantitative estimate of drug-likeness (QED) is 0.810. The van der Waals surface area contributed by atoms with Crippen LogP contribution in [0.25, 0.3) is 0 Å². The average molecular weight is 342 g/mol. The summed E-state index contributed by atoms with van der Waals surface area (Å²) in [6.45, 7) is 0.411. The van der Waals surface area contributed by atoms with Crippen LogP contribution >= 0.6 is 0 Å². The van der Waals surface area contributed by atoms with Crippen LogP contribution in [0.3, 0.4) is 0 Å². The van der Waals surface area contributed by atoms with Crippen molar-refractivity contribution in [1.29, 1.82) is 0 Å². The van der Waals surface area contributed by atoms with Gasteiger partial charge in [0.15, 0.2) is 0 Å². The molecule has 0 radical (unpaired) electrons. The lowest BCUT2D eigenvalue weighted by Gasteiger charge is -2.29. The first kappa shape index (κ1) is 17.1. The number of carbonyl (C=O) groups is 2. The van der Waals surface area contributed by atoms with Gasteiger partial charge in [0.2, 0.25) is 5.91 Å². The molecule has 2 atom stereocenters. The molecular weight excluding hydrogens is 323 g/mol. The molecule has 0 aliphatic carbocycles. The molecule has 1 amide bonds. The molecule has 2 N–H and O–H groups in total. The molecule has 6 heteroatoms. The van der Waals surface area contributed by atoms with Crippen LogP contribution in [0.4, 0.5) is 4.39 Å². The Morgan fingerprint density at radius 1 is 1.12 bits per heavy atom. The number of carbonyl (C=O) groups excluding carboxylic acids is 2. The van der Waals surface area contributed by atoms with Crippen LogP contribution in [-0.2, 0) is 27.3 Å². The van der Waals surface area contributed by atoms with Gasteiger partial charge in [0.1, 0.15) is 24.5 Å². The van der Waals surface area contributed by atoms with E-state index in [-0.39, 0.29) is 18.3 Å². The highest BCUT2D eigenvalue weighted by molar-refractivity contribution is 5.85. The first-order chi connectivity index (χ1) is 12.1. The molecule has 2 aromatic rings. The summed E-state index contributed by atoms with van der Waals surface area (Å²) in [6.07, 6.45) is 0.335. The molecule has 25 heavy (non-hydrogen) atoms. The zero-order valence-corrected chi connectivity index (χ0v) is 13.6. The number of cyclic esters (lactones) is 1. The van der Waals surface area contributed by atoms with Gasteiger partial charge in [0.05, 0.1) is 0 Å². The first-order valence-electron chi connectivity index (χ1n) is 8.10. The predicted molar refractivity (Wildman–Crippen MR) is 90.1 cm³/mol. The summed E-state index contributed by atoms with van der Waals surface area (Å²) in [6, 6.07) is 14.2. The summed E-state index contributed by atoms with van der Waals surface area (Å²) < 4.78 is 18.1. The van der Waals surface area contributed by atoms with E-state index in [2.05, 4.69) is 10.6 Å². The molecule has 0 aromatic heterocycles. The predicted octanol–water partition coefficient (Wildman–Crippen LogP) is 1.57. The second-order valence-electron chi connectivity index (χ2n) is 5.94. The number of nitrogens with one attached hydrogen (secondary N) is 2. The lowest BCUT2D eigenvalue weighted by Crippen LogP contribution is -2.58. The maximum atomic E-state index is 13.0. The van der Waals surface area contributed by atoms with E-state index in [1.807, 2.05) is 30.3 Å². The Labute approximate surface area is 145 Å². The number of ether oxygens (including phenoxy) is 1. The minimum Gasteiger partial charge on any atom is -0.462 e. The molecule has 3 rings (SSSR count). The Morgan fingerprint density at radius 3 is 2.56 bits per heavy atom. The fourth-order valence-corrected chi connectivity index (χ4v) is 2.68. The van der Waals surface area contributed by atoms with E-state index in [9.17, 15) is 14.0 Å². The standard InChI is InChI=1S/C19H19FN2O3/c20-15-8-6-13(7-9-15)10-16-19(24)25-12-17(22-16)18(23)21-11-14-4-2-1-3-5-14/h1-9,16-17,22H,10-12H2,(H,21,23)/t16-,17+/m0/s1. The number of benzene rings is 2. The van der Waals surface area contributed by atoms with E-state index < -0.39 is 18.1 Å². The topological polar surface area (TPSA) is 67.4 Å². The fraction of sp³-hybridized carbons (Fsp3) is 0.263. The molecule has 2 aromatic carbocycles. The lowest BCUT2D eigenvalue weighted by molar-refractivity contribution is -0.153. The van der Waals surface area contributed by atoms with Crippen molar-refractivity contribution in [3.63, 3.8) is 0 Å². The number of rotatable bonds is 5. The van der Waals surface area contributed by atoms with Gasteiger partial charge in [-0.3, -0.25) is 14.9 Å². The Hall–Kier alpha value is -2.73. The highest BCUT2D eigenvalue weighted by Crippen LogP contribution is 2.11. The molecule has 0 spiro atoms. The summed E-state index contributed by atoms with van der Waals surface area (Å²) in [5, 5.41) is 5.86. The molecule has 1 heterocycles. The first-order valence-corrected chi connectivity index (χ1v) is 8.10. The van der Waals surface area contributed by atoms with Crippen LogP contribution in [0.5, 0.6) is 0 Å². The maximum Gasteiger partial charge on any atom is 0.323 e. The van der Waals surface area contributed by atoms with Gasteiger partial charge in [-0.15, -0.1) is 0 Å². The number of esters is 1. The molecule has 1 fully saturated rings. The van der Waals surface area contributed by atoms with Crippen molar-refractivity contribution in [2.45, 2.75) is 25.0 Å².